The molecule has 2 heterocycles. The molecule has 0 saturated carbocycles. The summed E-state index contributed by atoms with van der Waals surface area (Å²) in [4.78, 5) is 2.27. The summed E-state index contributed by atoms with van der Waals surface area (Å²) in [5, 5.41) is 13.6. The number of hydrogen-bond donors (Lipinski definition) is 0. The molecule has 0 spiro atoms. The first-order valence-electron chi connectivity index (χ1n) is 5.95. The average Bonchev–Trinajstić information content (AvgIpc) is 2.89. The van der Waals surface area contributed by atoms with E-state index in [4.69, 9.17) is 5.26 Å². The van der Waals surface area contributed by atoms with Gasteiger partial charge in [-0.25, -0.2) is 4.68 Å². The van der Waals surface area contributed by atoms with E-state index in [2.05, 4.69) is 23.1 Å². The summed E-state index contributed by atoms with van der Waals surface area (Å²) in [5.74, 6) is 0. The lowest BCUT2D eigenvalue weighted by molar-refractivity contribution is 0.345. The van der Waals surface area contributed by atoms with E-state index >= 15 is 0 Å². The second kappa shape index (κ2) is 3.97. The van der Waals surface area contributed by atoms with Crippen molar-refractivity contribution >= 4 is 0 Å². The van der Waals surface area contributed by atoms with Crippen molar-refractivity contribution in [2.45, 2.75) is 20.0 Å². The highest BCUT2D eigenvalue weighted by molar-refractivity contribution is 5.44. The van der Waals surface area contributed by atoms with Crippen LogP contribution in [0.3, 0.4) is 0 Å². The van der Waals surface area contributed by atoms with Crippen molar-refractivity contribution < 1.29 is 0 Å². The van der Waals surface area contributed by atoms with Gasteiger partial charge in [-0.2, -0.15) is 10.4 Å². The summed E-state index contributed by atoms with van der Waals surface area (Å²) in [6.45, 7) is 3.91. The van der Waals surface area contributed by atoms with E-state index in [1.807, 2.05) is 35.9 Å². The fraction of sp³-hybridized carbons (Fsp3) is 0.286. The van der Waals surface area contributed by atoms with Gasteiger partial charge in [0.15, 0.2) is 0 Å². The first-order chi connectivity index (χ1) is 8.69. The minimum absolute atomic E-state index is 0.667. The number of aryl methyl sites for hydroxylation is 1. The summed E-state index contributed by atoms with van der Waals surface area (Å²) in [5.41, 5.74) is 5.27. The number of nitriles is 1. The van der Waals surface area contributed by atoms with Gasteiger partial charge >= 0.3 is 0 Å². The van der Waals surface area contributed by atoms with Crippen LogP contribution in [-0.2, 0) is 13.1 Å². The highest BCUT2D eigenvalue weighted by Gasteiger charge is 2.24. The fourth-order valence-electron chi connectivity index (χ4n) is 2.48. The summed E-state index contributed by atoms with van der Waals surface area (Å²) >= 11 is 0. The molecule has 0 atom stereocenters. The first-order valence-corrected chi connectivity index (χ1v) is 5.95. The summed E-state index contributed by atoms with van der Waals surface area (Å²) in [7, 11) is 2.11. The van der Waals surface area contributed by atoms with Crippen molar-refractivity contribution in [1.29, 1.82) is 5.26 Å². The third-order valence-electron chi connectivity index (χ3n) is 3.36. The number of hydrogen-bond acceptors (Lipinski definition) is 3. The zero-order valence-electron chi connectivity index (χ0n) is 10.5. The van der Waals surface area contributed by atoms with Gasteiger partial charge in [0.25, 0.3) is 0 Å². The van der Waals surface area contributed by atoms with Crippen molar-refractivity contribution in [3.8, 4) is 11.8 Å². The van der Waals surface area contributed by atoms with Gasteiger partial charge in [0, 0.05) is 18.7 Å². The summed E-state index contributed by atoms with van der Waals surface area (Å²) in [6, 6.07) is 9.75. The molecule has 0 bridgehead atoms. The van der Waals surface area contributed by atoms with Crippen LogP contribution in [0.1, 0.15) is 22.5 Å². The second-order valence-corrected chi connectivity index (χ2v) is 4.76. The predicted octanol–water partition coefficient (Wildman–Crippen LogP) is 2.00. The van der Waals surface area contributed by atoms with Gasteiger partial charge in [-0.1, -0.05) is 6.07 Å². The number of fused-ring (bicyclic) bond motifs is 1. The molecule has 2 aromatic rings. The lowest BCUT2D eigenvalue weighted by Crippen LogP contribution is -2.12. The maximum atomic E-state index is 8.96. The van der Waals surface area contributed by atoms with Crippen LogP contribution >= 0.6 is 0 Å². The zero-order valence-corrected chi connectivity index (χ0v) is 10.5. The topological polar surface area (TPSA) is 44.9 Å². The smallest absolute Gasteiger partial charge is 0.0992 e. The van der Waals surface area contributed by atoms with Gasteiger partial charge in [0.1, 0.15) is 0 Å². The Hall–Kier alpha value is -2.12. The Morgan fingerprint density at radius 3 is 2.94 bits per heavy atom. The summed E-state index contributed by atoms with van der Waals surface area (Å²) < 4.78 is 1.97. The number of rotatable bonds is 1. The molecule has 0 radical (unpaired) electrons. The zero-order chi connectivity index (χ0) is 12.7. The van der Waals surface area contributed by atoms with Gasteiger partial charge in [0.2, 0.25) is 0 Å². The second-order valence-electron chi connectivity index (χ2n) is 4.76. The SMILES string of the molecule is Cc1nn(-c2cccc(C#N)c2)c2c1CN(C)C2. The Labute approximate surface area is 106 Å². The first kappa shape index (κ1) is 11.0. The Morgan fingerprint density at radius 1 is 1.33 bits per heavy atom. The molecule has 90 valence electrons. The monoisotopic (exact) mass is 238 g/mol. The van der Waals surface area contributed by atoms with E-state index in [9.17, 15) is 0 Å². The molecule has 18 heavy (non-hydrogen) atoms. The van der Waals surface area contributed by atoms with E-state index < -0.39 is 0 Å². The number of benzene rings is 1. The standard InChI is InChI=1S/C14H14N4/c1-10-13-8-17(2)9-14(13)18(16-10)12-5-3-4-11(6-12)7-15/h3-6H,8-9H2,1-2H3. The summed E-state index contributed by atoms with van der Waals surface area (Å²) in [6.07, 6.45) is 0. The van der Waals surface area contributed by atoms with Crippen molar-refractivity contribution in [3.05, 3.63) is 46.8 Å². The van der Waals surface area contributed by atoms with E-state index in [1.54, 1.807) is 0 Å². The van der Waals surface area contributed by atoms with Gasteiger partial charge in [0.05, 0.1) is 28.7 Å². The Balaban J connectivity index is 2.13. The van der Waals surface area contributed by atoms with Crippen molar-refractivity contribution in [3.63, 3.8) is 0 Å². The molecule has 1 aromatic heterocycles. The van der Waals surface area contributed by atoms with Gasteiger partial charge in [-0.3, -0.25) is 4.90 Å². The molecular formula is C14H14N4. The molecule has 0 aliphatic carbocycles. The molecular weight excluding hydrogens is 224 g/mol. The predicted molar refractivity (Wildman–Crippen MR) is 68.2 cm³/mol. The van der Waals surface area contributed by atoms with Crippen LogP contribution in [0.25, 0.3) is 5.69 Å². The Kier molecular flexibility index (Phi) is 2.42. The van der Waals surface area contributed by atoms with E-state index in [-0.39, 0.29) is 0 Å². The average molecular weight is 238 g/mol. The molecule has 0 N–H and O–H groups in total. The normalized spacial score (nSPS) is 14.5. The fourth-order valence-corrected chi connectivity index (χ4v) is 2.48. The van der Waals surface area contributed by atoms with E-state index in [1.165, 1.54) is 11.3 Å². The largest absolute Gasteiger partial charge is 0.296 e. The molecule has 1 aliphatic rings. The number of nitrogens with zero attached hydrogens (tertiary/aromatic N) is 4. The van der Waals surface area contributed by atoms with Crippen molar-refractivity contribution in [1.82, 2.24) is 14.7 Å². The van der Waals surface area contributed by atoms with Crippen molar-refractivity contribution in [2.24, 2.45) is 0 Å². The molecule has 3 rings (SSSR count). The molecule has 1 aromatic carbocycles. The molecule has 0 unspecified atom stereocenters. The molecule has 4 nitrogen and oxygen atoms in total. The van der Waals surface area contributed by atoms with Gasteiger partial charge < -0.3 is 0 Å². The minimum atomic E-state index is 0.667. The molecule has 1 aliphatic heterocycles. The third-order valence-corrected chi connectivity index (χ3v) is 3.36. The highest BCUT2D eigenvalue weighted by atomic mass is 15.3. The molecule has 0 amide bonds. The van der Waals surface area contributed by atoms with Crippen LogP contribution in [0.15, 0.2) is 24.3 Å². The van der Waals surface area contributed by atoms with Gasteiger partial charge in [-0.15, -0.1) is 0 Å². The molecule has 4 heteroatoms. The molecule has 0 saturated heterocycles. The maximum Gasteiger partial charge on any atom is 0.0992 e. The van der Waals surface area contributed by atoms with E-state index in [0.29, 0.717) is 5.56 Å². The Bertz CT molecular complexity index is 648. The van der Waals surface area contributed by atoms with Crippen LogP contribution < -0.4 is 0 Å². The van der Waals surface area contributed by atoms with Crippen molar-refractivity contribution in [2.75, 3.05) is 7.05 Å². The van der Waals surface area contributed by atoms with Crippen LogP contribution in [0.2, 0.25) is 0 Å². The lowest BCUT2D eigenvalue weighted by atomic mass is 10.2. The van der Waals surface area contributed by atoms with Crippen LogP contribution in [-0.4, -0.2) is 21.7 Å². The third kappa shape index (κ3) is 1.60. The quantitative estimate of drug-likeness (QED) is 0.763. The van der Waals surface area contributed by atoms with Gasteiger partial charge in [-0.05, 0) is 32.2 Å². The number of aromatic nitrogens is 2. The Morgan fingerprint density at radius 2 is 2.17 bits per heavy atom. The minimum Gasteiger partial charge on any atom is -0.296 e. The highest BCUT2D eigenvalue weighted by Crippen LogP contribution is 2.26. The van der Waals surface area contributed by atoms with Crippen LogP contribution in [0.5, 0.6) is 0 Å². The molecule has 0 fully saturated rings. The lowest BCUT2D eigenvalue weighted by Gasteiger charge is -2.09. The van der Waals surface area contributed by atoms with E-state index in [0.717, 1.165) is 24.5 Å². The van der Waals surface area contributed by atoms with Crippen LogP contribution in [0, 0.1) is 18.3 Å². The maximum absolute atomic E-state index is 8.96. The van der Waals surface area contributed by atoms with Crippen LogP contribution in [0.4, 0.5) is 0 Å².